The summed E-state index contributed by atoms with van der Waals surface area (Å²) in [7, 11) is 3.98. The molecule has 0 saturated heterocycles. The second kappa shape index (κ2) is 4.65. The van der Waals surface area contributed by atoms with Gasteiger partial charge in [0.2, 0.25) is 0 Å². The molecule has 0 fully saturated rings. The number of aromatic nitrogens is 2. The van der Waals surface area contributed by atoms with Crippen LogP contribution in [0.4, 0.5) is 5.69 Å². The normalized spacial score (nSPS) is 14.7. The molecule has 1 aliphatic rings. The predicted octanol–water partition coefficient (Wildman–Crippen LogP) is 0.163. The van der Waals surface area contributed by atoms with E-state index in [1.807, 2.05) is 19.0 Å². The SMILES string of the molecule is CN(C)CCn1nc2c(cc1=O)NCCC2. The zero-order valence-corrected chi connectivity index (χ0v) is 9.86. The summed E-state index contributed by atoms with van der Waals surface area (Å²) in [5.41, 5.74) is 1.91. The third kappa shape index (κ3) is 2.41. The molecule has 1 N–H and O–H groups in total. The fraction of sp³-hybridized carbons (Fsp3) is 0.636. The highest BCUT2D eigenvalue weighted by atomic mass is 16.1. The van der Waals surface area contributed by atoms with Gasteiger partial charge in [0.25, 0.3) is 5.56 Å². The van der Waals surface area contributed by atoms with Gasteiger partial charge in [-0.1, -0.05) is 0 Å². The van der Waals surface area contributed by atoms with Gasteiger partial charge in [-0.15, -0.1) is 0 Å². The molecular weight excluding hydrogens is 204 g/mol. The molecule has 0 bridgehead atoms. The van der Waals surface area contributed by atoms with Crippen LogP contribution >= 0.6 is 0 Å². The first kappa shape index (κ1) is 11.1. The molecule has 0 unspecified atom stereocenters. The summed E-state index contributed by atoms with van der Waals surface area (Å²) in [6, 6.07) is 1.66. The second-order valence-corrected chi connectivity index (χ2v) is 4.40. The maximum Gasteiger partial charge on any atom is 0.268 e. The highest BCUT2D eigenvalue weighted by Gasteiger charge is 2.12. The molecule has 0 saturated carbocycles. The van der Waals surface area contributed by atoms with Crippen LogP contribution in [-0.2, 0) is 13.0 Å². The van der Waals surface area contributed by atoms with E-state index in [1.165, 1.54) is 0 Å². The van der Waals surface area contributed by atoms with Gasteiger partial charge >= 0.3 is 0 Å². The fourth-order valence-electron chi connectivity index (χ4n) is 1.80. The Kier molecular flexibility index (Phi) is 3.24. The van der Waals surface area contributed by atoms with Crippen molar-refractivity contribution in [3.8, 4) is 0 Å². The molecule has 0 aromatic carbocycles. The van der Waals surface area contributed by atoms with E-state index in [9.17, 15) is 4.79 Å². The highest BCUT2D eigenvalue weighted by molar-refractivity contribution is 5.48. The molecule has 0 amide bonds. The topological polar surface area (TPSA) is 50.2 Å². The first-order valence-corrected chi connectivity index (χ1v) is 5.66. The van der Waals surface area contributed by atoms with Crippen molar-refractivity contribution in [1.29, 1.82) is 0 Å². The molecule has 2 heterocycles. The molecule has 1 aliphatic heterocycles. The zero-order chi connectivity index (χ0) is 11.5. The Morgan fingerprint density at radius 1 is 1.56 bits per heavy atom. The zero-order valence-electron chi connectivity index (χ0n) is 9.86. The van der Waals surface area contributed by atoms with E-state index in [-0.39, 0.29) is 5.56 Å². The van der Waals surface area contributed by atoms with Crippen molar-refractivity contribution in [2.24, 2.45) is 0 Å². The van der Waals surface area contributed by atoms with Crippen molar-refractivity contribution >= 4 is 5.69 Å². The van der Waals surface area contributed by atoms with Gasteiger partial charge in [0, 0.05) is 19.2 Å². The summed E-state index contributed by atoms with van der Waals surface area (Å²) >= 11 is 0. The van der Waals surface area contributed by atoms with Gasteiger partial charge < -0.3 is 10.2 Å². The lowest BCUT2D eigenvalue weighted by atomic mass is 10.1. The van der Waals surface area contributed by atoms with Crippen LogP contribution in [0.2, 0.25) is 0 Å². The smallest absolute Gasteiger partial charge is 0.268 e. The van der Waals surface area contributed by atoms with Crippen molar-refractivity contribution in [2.75, 3.05) is 32.5 Å². The minimum Gasteiger partial charge on any atom is -0.383 e. The summed E-state index contributed by atoms with van der Waals surface area (Å²) in [4.78, 5) is 13.8. The van der Waals surface area contributed by atoms with Gasteiger partial charge in [0.1, 0.15) is 0 Å². The van der Waals surface area contributed by atoms with Crippen LogP contribution < -0.4 is 10.9 Å². The van der Waals surface area contributed by atoms with Crippen molar-refractivity contribution in [3.63, 3.8) is 0 Å². The molecule has 1 aromatic heterocycles. The average molecular weight is 222 g/mol. The van der Waals surface area contributed by atoms with E-state index in [2.05, 4.69) is 10.4 Å². The third-order valence-corrected chi connectivity index (χ3v) is 2.74. The first-order chi connectivity index (χ1) is 7.66. The van der Waals surface area contributed by atoms with Crippen LogP contribution in [0.5, 0.6) is 0 Å². The Hall–Kier alpha value is -1.36. The van der Waals surface area contributed by atoms with Crippen LogP contribution in [0.1, 0.15) is 12.1 Å². The molecule has 16 heavy (non-hydrogen) atoms. The van der Waals surface area contributed by atoms with Crippen molar-refractivity contribution < 1.29 is 0 Å². The van der Waals surface area contributed by atoms with Gasteiger partial charge in [0.15, 0.2) is 0 Å². The minimum absolute atomic E-state index is 0.0185. The molecule has 0 atom stereocenters. The van der Waals surface area contributed by atoms with Gasteiger partial charge in [-0.3, -0.25) is 4.79 Å². The molecule has 0 aliphatic carbocycles. The molecule has 5 nitrogen and oxygen atoms in total. The standard InChI is InChI=1S/C11H18N4O/c1-14(2)6-7-15-11(16)8-10-9(13-15)4-3-5-12-10/h8,12H,3-7H2,1-2H3. The highest BCUT2D eigenvalue weighted by Crippen LogP contribution is 2.16. The summed E-state index contributed by atoms with van der Waals surface area (Å²) in [5.74, 6) is 0. The number of hydrogen-bond acceptors (Lipinski definition) is 4. The van der Waals surface area contributed by atoms with Crippen LogP contribution in [0, 0.1) is 0 Å². The lowest BCUT2D eigenvalue weighted by Crippen LogP contribution is -2.30. The molecule has 5 heteroatoms. The minimum atomic E-state index is -0.0185. The van der Waals surface area contributed by atoms with Crippen molar-refractivity contribution in [2.45, 2.75) is 19.4 Å². The average Bonchev–Trinajstić information content (AvgIpc) is 2.26. The first-order valence-electron chi connectivity index (χ1n) is 5.66. The van der Waals surface area contributed by atoms with Crippen molar-refractivity contribution in [1.82, 2.24) is 14.7 Å². The van der Waals surface area contributed by atoms with Crippen molar-refractivity contribution in [3.05, 3.63) is 22.1 Å². The van der Waals surface area contributed by atoms with Crippen LogP contribution in [0.15, 0.2) is 10.9 Å². The molecular formula is C11H18N4O. The molecule has 88 valence electrons. The van der Waals surface area contributed by atoms with Crippen LogP contribution in [0.25, 0.3) is 0 Å². The number of fused-ring (bicyclic) bond motifs is 1. The van der Waals surface area contributed by atoms with Gasteiger partial charge in [-0.05, 0) is 26.9 Å². The number of nitrogens with zero attached hydrogens (tertiary/aromatic N) is 3. The van der Waals surface area contributed by atoms with Gasteiger partial charge in [-0.25, -0.2) is 4.68 Å². The van der Waals surface area contributed by atoms with E-state index in [0.29, 0.717) is 6.54 Å². The number of aryl methyl sites for hydroxylation is 1. The Balaban J connectivity index is 2.22. The summed E-state index contributed by atoms with van der Waals surface area (Å²) in [5, 5.41) is 7.61. The largest absolute Gasteiger partial charge is 0.383 e. The maximum atomic E-state index is 11.7. The Labute approximate surface area is 95.1 Å². The molecule has 2 rings (SSSR count). The number of hydrogen-bond donors (Lipinski definition) is 1. The molecule has 0 radical (unpaired) electrons. The van der Waals surface area contributed by atoms with E-state index in [1.54, 1.807) is 10.7 Å². The number of nitrogens with one attached hydrogen (secondary N) is 1. The number of likely N-dealkylation sites (N-methyl/N-ethyl adjacent to an activating group) is 1. The Morgan fingerprint density at radius 3 is 3.12 bits per heavy atom. The van der Waals surface area contributed by atoms with E-state index < -0.39 is 0 Å². The van der Waals surface area contributed by atoms with Gasteiger partial charge in [-0.2, -0.15) is 5.10 Å². The van der Waals surface area contributed by atoms with E-state index >= 15 is 0 Å². The second-order valence-electron chi connectivity index (χ2n) is 4.40. The summed E-state index contributed by atoms with van der Waals surface area (Å²) in [6.45, 7) is 2.42. The van der Waals surface area contributed by atoms with Gasteiger partial charge in [0.05, 0.1) is 17.9 Å². The Bertz CT molecular complexity index is 424. The summed E-state index contributed by atoms with van der Waals surface area (Å²) in [6.07, 6.45) is 2.05. The quantitative estimate of drug-likeness (QED) is 0.791. The third-order valence-electron chi connectivity index (χ3n) is 2.74. The summed E-state index contributed by atoms with van der Waals surface area (Å²) < 4.78 is 1.56. The number of anilines is 1. The fourth-order valence-corrected chi connectivity index (χ4v) is 1.80. The lowest BCUT2D eigenvalue weighted by Gasteiger charge is -2.18. The van der Waals surface area contributed by atoms with E-state index in [0.717, 1.165) is 37.3 Å². The maximum absolute atomic E-state index is 11.7. The molecule has 1 aromatic rings. The van der Waals surface area contributed by atoms with Crippen LogP contribution in [-0.4, -0.2) is 41.9 Å². The van der Waals surface area contributed by atoms with E-state index in [4.69, 9.17) is 0 Å². The lowest BCUT2D eigenvalue weighted by molar-refractivity contribution is 0.366. The monoisotopic (exact) mass is 222 g/mol. The van der Waals surface area contributed by atoms with Crippen LogP contribution in [0.3, 0.4) is 0 Å². The Morgan fingerprint density at radius 2 is 2.38 bits per heavy atom. The number of rotatable bonds is 3. The predicted molar refractivity (Wildman–Crippen MR) is 63.9 cm³/mol. The molecule has 0 spiro atoms.